The average molecular weight is 339 g/mol. The Morgan fingerprint density at radius 3 is 2.44 bits per heavy atom. The minimum absolute atomic E-state index is 0.473. The molecular formula is C22H29NO2. The zero-order valence-electron chi connectivity index (χ0n) is 15.6. The summed E-state index contributed by atoms with van der Waals surface area (Å²) in [5, 5.41) is 0. The highest BCUT2D eigenvalue weighted by Gasteiger charge is 2.27. The Hall–Kier alpha value is -2.00. The van der Waals surface area contributed by atoms with Crippen molar-refractivity contribution in [1.82, 2.24) is 4.90 Å². The topological polar surface area (TPSA) is 21.7 Å². The molecule has 0 bridgehead atoms. The lowest BCUT2D eigenvalue weighted by atomic mass is 9.94. The van der Waals surface area contributed by atoms with Gasteiger partial charge >= 0.3 is 0 Å². The number of nitrogens with zero attached hydrogens (tertiary/aromatic N) is 1. The lowest BCUT2D eigenvalue weighted by Crippen LogP contribution is -2.44. The Morgan fingerprint density at radius 1 is 1.00 bits per heavy atom. The van der Waals surface area contributed by atoms with Crippen LogP contribution in [0.25, 0.3) is 11.1 Å². The second-order valence-electron chi connectivity index (χ2n) is 6.70. The molecule has 0 saturated heterocycles. The molecule has 1 unspecified atom stereocenters. The fraction of sp³-hybridized carbons (Fsp3) is 0.455. The summed E-state index contributed by atoms with van der Waals surface area (Å²) >= 11 is 0. The van der Waals surface area contributed by atoms with Gasteiger partial charge in [-0.05, 0) is 44.0 Å². The molecule has 3 heteroatoms. The van der Waals surface area contributed by atoms with E-state index in [1.807, 2.05) is 18.2 Å². The highest BCUT2D eigenvalue weighted by atomic mass is 16.5. The Bertz CT molecular complexity index is 692. The zero-order valence-corrected chi connectivity index (χ0v) is 15.6. The van der Waals surface area contributed by atoms with E-state index in [0.29, 0.717) is 6.04 Å². The number of rotatable bonds is 7. The quantitative estimate of drug-likeness (QED) is 0.724. The van der Waals surface area contributed by atoms with Crippen molar-refractivity contribution >= 4 is 0 Å². The van der Waals surface area contributed by atoms with Gasteiger partial charge in [0.25, 0.3) is 0 Å². The summed E-state index contributed by atoms with van der Waals surface area (Å²) in [7, 11) is 1.72. The number of hydrogen-bond acceptors (Lipinski definition) is 3. The molecule has 1 aliphatic rings. The van der Waals surface area contributed by atoms with Crippen molar-refractivity contribution in [2.24, 2.45) is 0 Å². The minimum atomic E-state index is 0.473. The first kappa shape index (κ1) is 17.8. The predicted molar refractivity (Wildman–Crippen MR) is 104 cm³/mol. The molecule has 1 aliphatic heterocycles. The van der Waals surface area contributed by atoms with Gasteiger partial charge in [-0.15, -0.1) is 0 Å². The summed E-state index contributed by atoms with van der Waals surface area (Å²) in [6.07, 6.45) is 3.42. The van der Waals surface area contributed by atoms with Crippen LogP contribution in [0.15, 0.2) is 42.5 Å². The van der Waals surface area contributed by atoms with Gasteiger partial charge in [0.05, 0.1) is 7.11 Å². The first-order valence-corrected chi connectivity index (χ1v) is 9.40. The van der Waals surface area contributed by atoms with Gasteiger partial charge < -0.3 is 9.47 Å². The largest absolute Gasteiger partial charge is 0.496 e. The molecule has 1 heterocycles. The molecule has 0 radical (unpaired) electrons. The van der Waals surface area contributed by atoms with Crippen LogP contribution in [0, 0.1) is 0 Å². The standard InChI is InChI=1S/C22H29NO2/c1-4-13-23(14-5-2)18-15-17-9-8-11-20(22(17)25-16-18)19-10-6-7-12-21(19)24-3/h6-12,18H,4-5,13-16H2,1-3H3. The molecule has 0 N–H and O–H groups in total. The normalized spacial score (nSPS) is 16.4. The van der Waals surface area contributed by atoms with E-state index in [9.17, 15) is 0 Å². The van der Waals surface area contributed by atoms with Crippen LogP contribution in [0.1, 0.15) is 32.3 Å². The first-order chi connectivity index (χ1) is 12.3. The van der Waals surface area contributed by atoms with Crippen molar-refractivity contribution in [3.63, 3.8) is 0 Å². The molecule has 2 aromatic carbocycles. The number of para-hydroxylation sites is 2. The molecule has 0 fully saturated rings. The highest BCUT2D eigenvalue weighted by Crippen LogP contribution is 2.40. The maximum Gasteiger partial charge on any atom is 0.130 e. The van der Waals surface area contributed by atoms with Gasteiger partial charge in [-0.25, -0.2) is 0 Å². The second-order valence-corrected chi connectivity index (χ2v) is 6.70. The minimum Gasteiger partial charge on any atom is -0.496 e. The summed E-state index contributed by atoms with van der Waals surface area (Å²) in [5.74, 6) is 1.91. The van der Waals surface area contributed by atoms with Gasteiger partial charge in [-0.1, -0.05) is 50.2 Å². The van der Waals surface area contributed by atoms with Crippen molar-refractivity contribution in [3.05, 3.63) is 48.0 Å². The van der Waals surface area contributed by atoms with Crippen LogP contribution in [-0.2, 0) is 6.42 Å². The Kier molecular flexibility index (Phi) is 5.98. The van der Waals surface area contributed by atoms with E-state index in [2.05, 4.69) is 43.0 Å². The maximum atomic E-state index is 6.30. The molecule has 0 spiro atoms. The molecule has 1 atom stereocenters. The molecule has 0 saturated carbocycles. The summed E-state index contributed by atoms with van der Waals surface area (Å²) in [6.45, 7) is 7.55. The first-order valence-electron chi connectivity index (χ1n) is 9.40. The van der Waals surface area contributed by atoms with Gasteiger partial charge in [0.1, 0.15) is 18.1 Å². The smallest absolute Gasteiger partial charge is 0.130 e. The van der Waals surface area contributed by atoms with Crippen molar-refractivity contribution in [2.45, 2.75) is 39.2 Å². The van der Waals surface area contributed by atoms with Crippen LogP contribution in [0.2, 0.25) is 0 Å². The number of benzene rings is 2. The van der Waals surface area contributed by atoms with Crippen LogP contribution in [0.5, 0.6) is 11.5 Å². The van der Waals surface area contributed by atoms with Crippen LogP contribution in [0.4, 0.5) is 0 Å². The fourth-order valence-corrected chi connectivity index (χ4v) is 3.77. The van der Waals surface area contributed by atoms with E-state index in [4.69, 9.17) is 9.47 Å². The summed E-state index contributed by atoms with van der Waals surface area (Å²) in [5.41, 5.74) is 3.53. The van der Waals surface area contributed by atoms with E-state index >= 15 is 0 Å². The van der Waals surface area contributed by atoms with Gasteiger partial charge in [0.2, 0.25) is 0 Å². The molecule has 3 rings (SSSR count). The van der Waals surface area contributed by atoms with Gasteiger partial charge in [0, 0.05) is 17.2 Å². The maximum absolute atomic E-state index is 6.30. The fourth-order valence-electron chi connectivity index (χ4n) is 3.77. The zero-order chi connectivity index (χ0) is 17.6. The molecule has 0 aliphatic carbocycles. The van der Waals surface area contributed by atoms with Crippen LogP contribution < -0.4 is 9.47 Å². The molecule has 134 valence electrons. The Morgan fingerprint density at radius 2 is 1.72 bits per heavy atom. The molecule has 0 aromatic heterocycles. The number of hydrogen-bond donors (Lipinski definition) is 0. The third-order valence-corrected chi connectivity index (χ3v) is 4.91. The second kappa shape index (κ2) is 8.39. The van der Waals surface area contributed by atoms with Gasteiger partial charge in [0.15, 0.2) is 0 Å². The van der Waals surface area contributed by atoms with Crippen LogP contribution in [-0.4, -0.2) is 37.7 Å². The lowest BCUT2D eigenvalue weighted by Gasteiger charge is -2.35. The molecule has 3 nitrogen and oxygen atoms in total. The van der Waals surface area contributed by atoms with Gasteiger partial charge in [-0.3, -0.25) is 4.90 Å². The molecule has 25 heavy (non-hydrogen) atoms. The SMILES string of the molecule is CCCN(CCC)C1COc2c(cccc2-c2ccccc2OC)C1. The third kappa shape index (κ3) is 3.82. The van der Waals surface area contributed by atoms with Crippen LogP contribution in [0.3, 0.4) is 0 Å². The summed E-state index contributed by atoms with van der Waals surface area (Å²) in [6, 6.07) is 15.1. The van der Waals surface area contributed by atoms with E-state index in [1.54, 1.807) is 7.11 Å². The van der Waals surface area contributed by atoms with E-state index in [1.165, 1.54) is 18.4 Å². The van der Waals surface area contributed by atoms with E-state index in [-0.39, 0.29) is 0 Å². The monoisotopic (exact) mass is 339 g/mol. The highest BCUT2D eigenvalue weighted by molar-refractivity contribution is 5.77. The van der Waals surface area contributed by atoms with E-state index < -0.39 is 0 Å². The van der Waals surface area contributed by atoms with Crippen molar-refractivity contribution in [2.75, 3.05) is 26.8 Å². The number of ether oxygens (including phenoxy) is 2. The Labute approximate surface area is 151 Å². The predicted octanol–water partition coefficient (Wildman–Crippen LogP) is 4.79. The van der Waals surface area contributed by atoms with Gasteiger partial charge in [-0.2, -0.15) is 0 Å². The molecule has 2 aromatic rings. The summed E-state index contributed by atoms with van der Waals surface area (Å²) in [4.78, 5) is 2.58. The summed E-state index contributed by atoms with van der Waals surface area (Å²) < 4.78 is 11.8. The molecular weight excluding hydrogens is 310 g/mol. The van der Waals surface area contributed by atoms with Crippen LogP contribution >= 0.6 is 0 Å². The van der Waals surface area contributed by atoms with Crippen molar-refractivity contribution < 1.29 is 9.47 Å². The Balaban J connectivity index is 1.90. The van der Waals surface area contributed by atoms with E-state index in [0.717, 1.165) is 48.7 Å². The number of methoxy groups -OCH3 is 1. The number of fused-ring (bicyclic) bond motifs is 1. The average Bonchev–Trinajstić information content (AvgIpc) is 2.67. The third-order valence-electron chi connectivity index (χ3n) is 4.91. The lowest BCUT2D eigenvalue weighted by molar-refractivity contribution is 0.119. The van der Waals surface area contributed by atoms with Crippen molar-refractivity contribution in [1.29, 1.82) is 0 Å². The van der Waals surface area contributed by atoms with Crippen molar-refractivity contribution in [3.8, 4) is 22.6 Å². The molecule has 0 amide bonds.